The van der Waals surface area contributed by atoms with Crippen LogP contribution in [0.4, 0.5) is 0 Å². The fourth-order valence-electron chi connectivity index (χ4n) is 1.05. The van der Waals surface area contributed by atoms with E-state index in [1.807, 2.05) is 0 Å². The van der Waals surface area contributed by atoms with E-state index in [0.29, 0.717) is 0 Å². The largest absolute Gasteiger partial charge is 0.390 e. The van der Waals surface area contributed by atoms with Crippen molar-refractivity contribution in [1.82, 2.24) is 0 Å². The van der Waals surface area contributed by atoms with Crippen LogP contribution in [-0.4, -0.2) is 39.4 Å². The molecule has 0 spiro atoms. The molecule has 4 heteroatoms. The quantitative estimate of drug-likeness (QED) is 0.386. The Kier molecular flexibility index (Phi) is 2.03. The van der Waals surface area contributed by atoms with Gasteiger partial charge in [-0.1, -0.05) is 0 Å². The van der Waals surface area contributed by atoms with E-state index < -0.39 is 18.3 Å². The Hall–Kier alpha value is -0.450. The van der Waals surface area contributed by atoms with E-state index in [9.17, 15) is 4.79 Å². The van der Waals surface area contributed by atoms with Gasteiger partial charge in [0.25, 0.3) is 0 Å². The van der Waals surface area contributed by atoms with Crippen molar-refractivity contribution in [2.24, 2.45) is 0 Å². The zero-order valence-electron chi connectivity index (χ0n) is 5.40. The van der Waals surface area contributed by atoms with Gasteiger partial charge < -0.3 is 15.3 Å². The minimum Gasteiger partial charge on any atom is -0.390 e. The van der Waals surface area contributed by atoms with Gasteiger partial charge in [-0.15, -0.1) is 0 Å². The summed E-state index contributed by atoms with van der Waals surface area (Å²) in [5.41, 5.74) is 0. The Morgan fingerprint density at radius 2 is 1.50 bits per heavy atom. The summed E-state index contributed by atoms with van der Waals surface area (Å²) < 4.78 is 0. The highest BCUT2D eigenvalue weighted by molar-refractivity contribution is 5.80. The maximum Gasteiger partial charge on any atom is 0.138 e. The highest BCUT2D eigenvalue weighted by atomic mass is 16.4. The average molecular weight is 146 g/mol. The van der Waals surface area contributed by atoms with E-state index in [1.54, 1.807) is 0 Å². The van der Waals surface area contributed by atoms with Crippen LogP contribution < -0.4 is 0 Å². The molecule has 0 heterocycles. The second-order valence-corrected chi connectivity index (χ2v) is 2.57. The number of Topliss-reactive ketones (excluding diaryl/α,β-unsaturated/α-hetero) is 1. The van der Waals surface area contributed by atoms with E-state index in [-0.39, 0.29) is 18.6 Å². The minimum atomic E-state index is -1.15. The van der Waals surface area contributed by atoms with Gasteiger partial charge in [-0.25, -0.2) is 0 Å². The fraction of sp³-hybridized carbons (Fsp3) is 0.833. The van der Waals surface area contributed by atoms with Crippen LogP contribution in [0.2, 0.25) is 0 Å². The number of rotatable bonds is 0. The van der Waals surface area contributed by atoms with Crippen LogP contribution >= 0.6 is 0 Å². The monoisotopic (exact) mass is 146 g/mol. The molecule has 58 valence electrons. The van der Waals surface area contributed by atoms with Gasteiger partial charge in [0, 0.05) is 12.8 Å². The summed E-state index contributed by atoms with van der Waals surface area (Å²) in [5.74, 6) is -0.203. The first-order chi connectivity index (χ1) is 4.61. The molecule has 2 unspecified atom stereocenters. The lowest BCUT2D eigenvalue weighted by molar-refractivity contribution is -0.138. The second kappa shape index (κ2) is 2.65. The predicted molar refractivity (Wildman–Crippen MR) is 32.3 cm³/mol. The molecular weight excluding hydrogens is 136 g/mol. The third kappa shape index (κ3) is 1.34. The number of aliphatic hydroxyl groups is 3. The predicted octanol–water partition coefficient (Wildman–Crippen LogP) is -1.57. The normalized spacial score (nSPS) is 41.9. The van der Waals surface area contributed by atoms with Crippen molar-refractivity contribution in [2.45, 2.75) is 31.2 Å². The second-order valence-electron chi connectivity index (χ2n) is 2.57. The first-order valence-corrected chi connectivity index (χ1v) is 3.17. The number of hydrogen-bond acceptors (Lipinski definition) is 4. The van der Waals surface area contributed by atoms with Crippen LogP contribution in [0.15, 0.2) is 0 Å². The molecule has 0 aromatic carbocycles. The van der Waals surface area contributed by atoms with E-state index >= 15 is 0 Å². The lowest BCUT2D eigenvalue weighted by atomic mass is 9.91. The van der Waals surface area contributed by atoms with Crippen molar-refractivity contribution < 1.29 is 20.1 Å². The van der Waals surface area contributed by atoms with Crippen LogP contribution in [0, 0.1) is 0 Å². The zero-order valence-corrected chi connectivity index (χ0v) is 5.40. The summed E-state index contributed by atoms with van der Waals surface area (Å²) in [6.45, 7) is 0. The maximum atomic E-state index is 10.6. The third-order valence-corrected chi connectivity index (χ3v) is 1.66. The molecule has 1 rings (SSSR count). The molecule has 1 aliphatic rings. The molecule has 0 aromatic rings. The SMILES string of the molecule is O=C1CC(O)C(O)C(O)C1. The third-order valence-electron chi connectivity index (χ3n) is 1.66. The van der Waals surface area contributed by atoms with Gasteiger partial charge in [0.1, 0.15) is 11.9 Å². The van der Waals surface area contributed by atoms with Crippen molar-refractivity contribution in [2.75, 3.05) is 0 Å². The van der Waals surface area contributed by atoms with Gasteiger partial charge in [-0.05, 0) is 0 Å². The van der Waals surface area contributed by atoms with Crippen LogP contribution in [-0.2, 0) is 4.79 Å². The van der Waals surface area contributed by atoms with Gasteiger partial charge in [0.15, 0.2) is 0 Å². The van der Waals surface area contributed by atoms with E-state index in [1.165, 1.54) is 0 Å². The van der Waals surface area contributed by atoms with Crippen molar-refractivity contribution in [1.29, 1.82) is 0 Å². The lowest BCUT2D eigenvalue weighted by Gasteiger charge is -2.26. The molecule has 0 radical (unpaired) electrons. The molecule has 2 atom stereocenters. The molecule has 0 bridgehead atoms. The molecule has 3 N–H and O–H groups in total. The molecule has 1 saturated carbocycles. The Balaban J connectivity index is 2.57. The number of carbonyl (C=O) groups is 1. The molecule has 0 amide bonds. The average Bonchev–Trinajstić information content (AvgIpc) is 1.82. The van der Waals surface area contributed by atoms with Crippen molar-refractivity contribution in [3.8, 4) is 0 Å². The van der Waals surface area contributed by atoms with Gasteiger partial charge >= 0.3 is 0 Å². The Morgan fingerprint density at radius 3 is 1.90 bits per heavy atom. The zero-order chi connectivity index (χ0) is 7.72. The van der Waals surface area contributed by atoms with Gasteiger partial charge in [-0.3, -0.25) is 4.79 Å². The lowest BCUT2D eigenvalue weighted by Crippen LogP contribution is -2.44. The van der Waals surface area contributed by atoms with Gasteiger partial charge in [0.2, 0.25) is 0 Å². The summed E-state index contributed by atoms with van der Waals surface area (Å²) in [6, 6.07) is 0. The Bertz CT molecular complexity index is 131. The maximum absolute atomic E-state index is 10.6. The van der Waals surface area contributed by atoms with Gasteiger partial charge in [-0.2, -0.15) is 0 Å². The molecule has 0 aromatic heterocycles. The van der Waals surface area contributed by atoms with Crippen molar-refractivity contribution in [3.63, 3.8) is 0 Å². The highest BCUT2D eigenvalue weighted by Gasteiger charge is 2.33. The summed E-state index contributed by atoms with van der Waals surface area (Å²) in [5, 5.41) is 26.7. The van der Waals surface area contributed by atoms with E-state index in [4.69, 9.17) is 15.3 Å². The fourth-order valence-corrected chi connectivity index (χ4v) is 1.05. The molecular formula is C6H10O4. The molecule has 4 nitrogen and oxygen atoms in total. The molecule has 1 fully saturated rings. The standard InChI is InChI=1S/C6H10O4/c7-3-1-4(8)6(10)5(9)2-3/h4-6,8-10H,1-2H2. The molecule has 1 aliphatic carbocycles. The first-order valence-electron chi connectivity index (χ1n) is 3.17. The topological polar surface area (TPSA) is 77.8 Å². The number of ketones is 1. The summed E-state index contributed by atoms with van der Waals surface area (Å²) in [7, 11) is 0. The van der Waals surface area contributed by atoms with Crippen LogP contribution in [0.3, 0.4) is 0 Å². The molecule has 0 saturated heterocycles. The summed E-state index contributed by atoms with van der Waals surface area (Å²) in [6.07, 6.45) is -3.42. The Morgan fingerprint density at radius 1 is 1.10 bits per heavy atom. The number of aliphatic hydroxyl groups excluding tert-OH is 3. The molecule has 10 heavy (non-hydrogen) atoms. The van der Waals surface area contributed by atoms with Crippen LogP contribution in [0.1, 0.15) is 12.8 Å². The first kappa shape index (κ1) is 7.65. The molecule has 0 aliphatic heterocycles. The van der Waals surface area contributed by atoms with E-state index in [0.717, 1.165) is 0 Å². The smallest absolute Gasteiger partial charge is 0.138 e. The number of carbonyl (C=O) groups excluding carboxylic acids is 1. The van der Waals surface area contributed by atoms with Crippen LogP contribution in [0.25, 0.3) is 0 Å². The van der Waals surface area contributed by atoms with Crippen molar-refractivity contribution in [3.05, 3.63) is 0 Å². The number of hydrogen-bond donors (Lipinski definition) is 3. The minimum absolute atomic E-state index is 0.0434. The van der Waals surface area contributed by atoms with E-state index in [2.05, 4.69) is 0 Å². The highest BCUT2D eigenvalue weighted by Crippen LogP contribution is 2.15. The van der Waals surface area contributed by atoms with Crippen molar-refractivity contribution >= 4 is 5.78 Å². The summed E-state index contributed by atoms with van der Waals surface area (Å²) in [4.78, 5) is 10.6. The summed E-state index contributed by atoms with van der Waals surface area (Å²) >= 11 is 0. The van der Waals surface area contributed by atoms with Gasteiger partial charge in [0.05, 0.1) is 12.2 Å². The Labute approximate surface area is 58.1 Å². The van der Waals surface area contributed by atoms with Crippen LogP contribution in [0.5, 0.6) is 0 Å².